The molecule has 0 N–H and O–H groups in total. The number of hydrogen-bond acceptors (Lipinski definition) is 3. The predicted octanol–water partition coefficient (Wildman–Crippen LogP) is 2.12. The van der Waals surface area contributed by atoms with E-state index in [0.29, 0.717) is 19.0 Å². The van der Waals surface area contributed by atoms with Gasteiger partial charge in [-0.1, -0.05) is 15.9 Å². The molecule has 0 fully saturated rings. The first-order chi connectivity index (χ1) is 8.58. The van der Waals surface area contributed by atoms with Crippen LogP contribution in [0.4, 0.5) is 4.79 Å². The van der Waals surface area contributed by atoms with Crippen molar-refractivity contribution in [2.75, 3.05) is 27.2 Å². The third-order valence-corrected chi connectivity index (χ3v) is 2.98. The van der Waals surface area contributed by atoms with Crippen LogP contribution in [0.25, 0.3) is 0 Å². The first kappa shape index (κ1) is 12.9. The number of benzene rings is 1. The summed E-state index contributed by atoms with van der Waals surface area (Å²) in [7, 11) is 3.40. The van der Waals surface area contributed by atoms with Gasteiger partial charge < -0.3 is 9.64 Å². The number of amides is 2. The van der Waals surface area contributed by atoms with Crippen LogP contribution in [0.1, 0.15) is 5.56 Å². The second-order valence-corrected chi connectivity index (χ2v) is 4.98. The van der Waals surface area contributed by atoms with Crippen LogP contribution >= 0.6 is 15.9 Å². The first-order valence-corrected chi connectivity index (χ1v) is 6.33. The van der Waals surface area contributed by atoms with Gasteiger partial charge >= 0.3 is 6.03 Å². The molecule has 0 aromatic heterocycles. The van der Waals surface area contributed by atoms with Gasteiger partial charge in [0.15, 0.2) is 0 Å². The molecule has 0 bridgehead atoms. The molecule has 0 spiro atoms. The SMILES string of the molecule is CN(C)C(=O)N1CCOC(c2ccc(Br)cc2)=N1. The Morgan fingerprint density at radius 2 is 2.06 bits per heavy atom. The maximum atomic E-state index is 11.8. The molecule has 1 aromatic rings. The van der Waals surface area contributed by atoms with Crippen LogP contribution in [0.2, 0.25) is 0 Å². The standard InChI is InChI=1S/C12H14BrN3O2/c1-15(2)12(17)16-7-8-18-11(14-16)9-3-5-10(13)6-4-9/h3-6H,7-8H2,1-2H3. The average Bonchev–Trinajstić information content (AvgIpc) is 2.38. The van der Waals surface area contributed by atoms with Crippen molar-refractivity contribution in [3.63, 3.8) is 0 Å². The molecule has 1 heterocycles. The van der Waals surface area contributed by atoms with E-state index in [1.54, 1.807) is 14.1 Å². The second-order valence-electron chi connectivity index (χ2n) is 4.06. The van der Waals surface area contributed by atoms with E-state index >= 15 is 0 Å². The van der Waals surface area contributed by atoms with Gasteiger partial charge in [0.25, 0.3) is 0 Å². The van der Waals surface area contributed by atoms with E-state index in [-0.39, 0.29) is 6.03 Å². The van der Waals surface area contributed by atoms with Crippen molar-refractivity contribution in [3.8, 4) is 0 Å². The van der Waals surface area contributed by atoms with Crippen molar-refractivity contribution in [1.82, 2.24) is 9.91 Å². The zero-order valence-electron chi connectivity index (χ0n) is 10.3. The molecule has 6 heteroatoms. The molecule has 0 saturated carbocycles. The normalized spacial score (nSPS) is 14.8. The zero-order chi connectivity index (χ0) is 13.1. The highest BCUT2D eigenvalue weighted by molar-refractivity contribution is 9.10. The zero-order valence-corrected chi connectivity index (χ0v) is 11.8. The molecule has 1 aromatic carbocycles. The van der Waals surface area contributed by atoms with Gasteiger partial charge in [-0.15, -0.1) is 5.10 Å². The second kappa shape index (κ2) is 5.39. The summed E-state index contributed by atoms with van der Waals surface area (Å²) in [6.45, 7) is 0.922. The summed E-state index contributed by atoms with van der Waals surface area (Å²) in [4.78, 5) is 13.3. The van der Waals surface area contributed by atoms with Crippen LogP contribution in [0.5, 0.6) is 0 Å². The molecule has 0 saturated heterocycles. The van der Waals surface area contributed by atoms with Crippen molar-refractivity contribution < 1.29 is 9.53 Å². The van der Waals surface area contributed by atoms with Crippen molar-refractivity contribution >= 4 is 27.9 Å². The summed E-state index contributed by atoms with van der Waals surface area (Å²) in [5, 5.41) is 5.64. The largest absolute Gasteiger partial charge is 0.474 e. The molecule has 2 rings (SSSR count). The van der Waals surface area contributed by atoms with Gasteiger partial charge in [-0.25, -0.2) is 9.80 Å². The Hall–Kier alpha value is -1.56. The Balaban J connectivity index is 2.22. The number of urea groups is 1. The minimum absolute atomic E-state index is 0.145. The molecule has 0 atom stereocenters. The fourth-order valence-electron chi connectivity index (χ4n) is 1.52. The Labute approximate surface area is 114 Å². The summed E-state index contributed by atoms with van der Waals surface area (Å²) in [5.74, 6) is 0.476. The van der Waals surface area contributed by atoms with Crippen LogP contribution in [-0.2, 0) is 4.74 Å². The fourth-order valence-corrected chi connectivity index (χ4v) is 1.78. The molecular formula is C12H14BrN3O2. The lowest BCUT2D eigenvalue weighted by molar-refractivity contribution is 0.142. The van der Waals surface area contributed by atoms with E-state index < -0.39 is 0 Å². The predicted molar refractivity (Wildman–Crippen MR) is 72.4 cm³/mol. The fraction of sp³-hybridized carbons (Fsp3) is 0.333. The van der Waals surface area contributed by atoms with E-state index in [9.17, 15) is 4.79 Å². The molecule has 0 aliphatic carbocycles. The molecule has 5 nitrogen and oxygen atoms in total. The number of rotatable bonds is 1. The van der Waals surface area contributed by atoms with Gasteiger partial charge in [-0.2, -0.15) is 0 Å². The summed E-state index contributed by atoms with van der Waals surface area (Å²) < 4.78 is 6.48. The highest BCUT2D eigenvalue weighted by Gasteiger charge is 2.21. The van der Waals surface area contributed by atoms with Crippen molar-refractivity contribution in [2.45, 2.75) is 0 Å². The Morgan fingerprint density at radius 1 is 1.39 bits per heavy atom. The third kappa shape index (κ3) is 2.81. The number of hydrogen-bond donors (Lipinski definition) is 0. The maximum Gasteiger partial charge on any atom is 0.340 e. The lowest BCUT2D eigenvalue weighted by Crippen LogP contribution is -2.41. The Morgan fingerprint density at radius 3 is 2.67 bits per heavy atom. The molecule has 96 valence electrons. The van der Waals surface area contributed by atoms with Crippen LogP contribution in [-0.4, -0.2) is 49.1 Å². The topological polar surface area (TPSA) is 45.1 Å². The molecule has 0 unspecified atom stereocenters. The summed E-state index contributed by atoms with van der Waals surface area (Å²) in [5.41, 5.74) is 0.856. The Bertz CT molecular complexity index is 471. The molecular weight excluding hydrogens is 298 g/mol. The average molecular weight is 312 g/mol. The van der Waals surface area contributed by atoms with E-state index in [1.807, 2.05) is 24.3 Å². The van der Waals surface area contributed by atoms with Gasteiger partial charge in [0.2, 0.25) is 5.90 Å². The van der Waals surface area contributed by atoms with Gasteiger partial charge in [0.05, 0.1) is 6.54 Å². The minimum atomic E-state index is -0.145. The monoisotopic (exact) mass is 311 g/mol. The van der Waals surface area contributed by atoms with E-state index in [4.69, 9.17) is 4.74 Å². The van der Waals surface area contributed by atoms with Crippen LogP contribution in [0, 0.1) is 0 Å². The lowest BCUT2D eigenvalue weighted by Gasteiger charge is -2.26. The molecule has 2 amide bonds. The van der Waals surface area contributed by atoms with E-state index in [2.05, 4.69) is 21.0 Å². The number of nitrogens with zero attached hydrogens (tertiary/aromatic N) is 3. The van der Waals surface area contributed by atoms with Gasteiger partial charge in [-0.3, -0.25) is 0 Å². The Kier molecular flexibility index (Phi) is 3.86. The lowest BCUT2D eigenvalue weighted by atomic mass is 10.2. The molecule has 1 aliphatic heterocycles. The maximum absolute atomic E-state index is 11.8. The molecule has 0 radical (unpaired) electrons. The first-order valence-electron chi connectivity index (χ1n) is 5.54. The van der Waals surface area contributed by atoms with Gasteiger partial charge in [-0.05, 0) is 24.3 Å². The minimum Gasteiger partial charge on any atom is -0.474 e. The van der Waals surface area contributed by atoms with Crippen LogP contribution in [0.3, 0.4) is 0 Å². The summed E-state index contributed by atoms with van der Waals surface area (Å²) >= 11 is 3.37. The summed E-state index contributed by atoms with van der Waals surface area (Å²) in [6, 6.07) is 7.47. The molecule has 18 heavy (non-hydrogen) atoms. The van der Waals surface area contributed by atoms with Crippen LogP contribution < -0.4 is 0 Å². The number of carbonyl (C=O) groups excluding carboxylic acids is 1. The van der Waals surface area contributed by atoms with Crippen molar-refractivity contribution in [3.05, 3.63) is 34.3 Å². The third-order valence-electron chi connectivity index (χ3n) is 2.45. The summed E-state index contributed by atoms with van der Waals surface area (Å²) in [6.07, 6.45) is 0. The van der Waals surface area contributed by atoms with E-state index in [0.717, 1.165) is 10.0 Å². The number of halogens is 1. The van der Waals surface area contributed by atoms with Crippen LogP contribution in [0.15, 0.2) is 33.8 Å². The highest BCUT2D eigenvalue weighted by Crippen LogP contribution is 2.14. The number of hydrazone groups is 1. The van der Waals surface area contributed by atoms with Crippen molar-refractivity contribution in [1.29, 1.82) is 0 Å². The van der Waals surface area contributed by atoms with Crippen molar-refractivity contribution in [2.24, 2.45) is 5.10 Å². The number of carbonyl (C=O) groups is 1. The quantitative estimate of drug-likeness (QED) is 0.797. The van der Waals surface area contributed by atoms with E-state index in [1.165, 1.54) is 9.91 Å². The molecule has 1 aliphatic rings. The van der Waals surface area contributed by atoms with Gasteiger partial charge in [0, 0.05) is 24.1 Å². The highest BCUT2D eigenvalue weighted by atomic mass is 79.9. The number of ether oxygens (including phenoxy) is 1. The smallest absolute Gasteiger partial charge is 0.340 e. The van der Waals surface area contributed by atoms with Gasteiger partial charge in [0.1, 0.15) is 6.61 Å².